The van der Waals surface area contributed by atoms with Crippen LogP contribution in [0, 0.1) is 13.8 Å². The predicted molar refractivity (Wildman–Crippen MR) is 45.4 cm³/mol. The maximum Gasteiger partial charge on any atom is 0.0521 e. The van der Waals surface area contributed by atoms with Gasteiger partial charge in [0.2, 0.25) is 0 Å². The number of rotatable bonds is 1. The van der Waals surface area contributed by atoms with E-state index in [4.69, 9.17) is 11.8 Å². The van der Waals surface area contributed by atoms with Crippen molar-refractivity contribution in [1.29, 1.82) is 0 Å². The van der Waals surface area contributed by atoms with Crippen LogP contribution < -0.4 is 4.84 Å². The van der Waals surface area contributed by atoms with Crippen LogP contribution in [0.25, 0.3) is 0 Å². The van der Waals surface area contributed by atoms with Crippen molar-refractivity contribution in [3.05, 3.63) is 29.3 Å². The van der Waals surface area contributed by atoms with Gasteiger partial charge in [0, 0.05) is 11.8 Å². The zero-order valence-electron chi connectivity index (χ0n) is 6.11. The quantitative estimate of drug-likeness (QED) is 0.615. The number of aryl methyl sites for hydroxylation is 2. The van der Waals surface area contributed by atoms with Crippen molar-refractivity contribution in [1.82, 2.24) is 0 Å². The molecule has 0 aliphatic carbocycles. The summed E-state index contributed by atoms with van der Waals surface area (Å²) in [6, 6.07) is 6.08. The van der Waals surface area contributed by atoms with Gasteiger partial charge in [-0.25, -0.2) is 0 Å². The molecule has 0 heterocycles. The average Bonchev–Trinajstić information content (AvgIpc) is 1.88. The van der Waals surface area contributed by atoms with Crippen molar-refractivity contribution in [2.24, 2.45) is 0 Å². The summed E-state index contributed by atoms with van der Waals surface area (Å²) >= 11 is 5.43. The lowest BCUT2D eigenvalue weighted by atomic mass is 10.1. The second-order valence-corrected chi connectivity index (χ2v) is 2.60. The monoisotopic (exact) mass is 155 g/mol. The first-order chi connectivity index (χ1) is 4.74. The summed E-state index contributed by atoms with van der Waals surface area (Å²) in [6.45, 7) is 4.09. The average molecular weight is 156 g/mol. The van der Waals surface area contributed by atoms with Crippen molar-refractivity contribution < 1.29 is 0 Å². The highest BCUT2D eigenvalue weighted by molar-refractivity contribution is 6.24. The van der Waals surface area contributed by atoms with E-state index in [1.54, 1.807) is 0 Å². The van der Waals surface area contributed by atoms with E-state index in [0.29, 0.717) is 0 Å². The molecular weight excluding hydrogens is 146 g/mol. The Hall–Kier alpha value is -0.690. The standard InChI is InChI=1S/C8H10ClN/c1-6-3-4-8(10-9)7(2)5-6/h3-5,10H,1-2H3. The zero-order valence-corrected chi connectivity index (χ0v) is 6.87. The van der Waals surface area contributed by atoms with Crippen LogP contribution in [0.15, 0.2) is 18.2 Å². The van der Waals surface area contributed by atoms with E-state index in [9.17, 15) is 0 Å². The molecular formula is C8H10ClN. The molecule has 0 unspecified atom stereocenters. The second kappa shape index (κ2) is 2.93. The van der Waals surface area contributed by atoms with Crippen molar-refractivity contribution in [3.63, 3.8) is 0 Å². The largest absolute Gasteiger partial charge is 0.298 e. The molecule has 1 N–H and O–H groups in total. The number of benzene rings is 1. The fourth-order valence-corrected chi connectivity index (χ4v) is 1.13. The highest BCUT2D eigenvalue weighted by Gasteiger charge is 1.93. The summed E-state index contributed by atoms with van der Waals surface area (Å²) in [5, 5.41) is 0. The molecule has 0 radical (unpaired) electrons. The lowest BCUT2D eigenvalue weighted by Crippen LogP contribution is -1.85. The summed E-state index contributed by atoms with van der Waals surface area (Å²) in [5.74, 6) is 0. The molecule has 1 aromatic rings. The molecule has 1 aromatic carbocycles. The fourth-order valence-electron chi connectivity index (χ4n) is 0.920. The van der Waals surface area contributed by atoms with Crippen LogP contribution in [0.2, 0.25) is 0 Å². The number of nitrogens with one attached hydrogen (secondary N) is 1. The smallest absolute Gasteiger partial charge is 0.0521 e. The predicted octanol–water partition coefficient (Wildman–Crippen LogP) is 2.87. The first kappa shape index (κ1) is 7.42. The molecule has 54 valence electrons. The molecule has 0 atom stereocenters. The highest BCUT2D eigenvalue weighted by atomic mass is 35.5. The number of hydrogen-bond donors (Lipinski definition) is 1. The van der Waals surface area contributed by atoms with E-state index in [2.05, 4.69) is 17.8 Å². The third-order valence-electron chi connectivity index (χ3n) is 1.48. The van der Waals surface area contributed by atoms with Gasteiger partial charge < -0.3 is 0 Å². The van der Waals surface area contributed by atoms with Gasteiger partial charge in [0.15, 0.2) is 0 Å². The third kappa shape index (κ3) is 1.42. The summed E-state index contributed by atoms with van der Waals surface area (Å²) in [4.78, 5) is 2.59. The van der Waals surface area contributed by atoms with E-state index in [-0.39, 0.29) is 0 Å². The Morgan fingerprint density at radius 3 is 2.50 bits per heavy atom. The summed E-state index contributed by atoms with van der Waals surface area (Å²) in [7, 11) is 0. The second-order valence-electron chi connectivity index (χ2n) is 2.41. The van der Waals surface area contributed by atoms with Gasteiger partial charge in [-0.05, 0) is 25.5 Å². The number of halogens is 1. The lowest BCUT2D eigenvalue weighted by Gasteiger charge is -2.02. The Labute approximate surface area is 66.1 Å². The van der Waals surface area contributed by atoms with E-state index in [0.717, 1.165) is 5.69 Å². The van der Waals surface area contributed by atoms with Crippen LogP contribution in [0.5, 0.6) is 0 Å². The van der Waals surface area contributed by atoms with Crippen LogP contribution >= 0.6 is 11.8 Å². The molecule has 0 saturated heterocycles. The van der Waals surface area contributed by atoms with Crippen molar-refractivity contribution in [2.75, 3.05) is 4.84 Å². The van der Waals surface area contributed by atoms with Crippen LogP contribution in [-0.2, 0) is 0 Å². The van der Waals surface area contributed by atoms with Gasteiger partial charge in [-0.3, -0.25) is 4.84 Å². The van der Waals surface area contributed by atoms with Crippen molar-refractivity contribution in [3.8, 4) is 0 Å². The minimum atomic E-state index is 0.979. The lowest BCUT2D eigenvalue weighted by molar-refractivity contribution is 1.39. The van der Waals surface area contributed by atoms with Crippen LogP contribution in [0.4, 0.5) is 5.69 Å². The molecule has 2 heteroatoms. The summed E-state index contributed by atoms with van der Waals surface area (Å²) in [5.41, 5.74) is 3.41. The van der Waals surface area contributed by atoms with Crippen LogP contribution in [-0.4, -0.2) is 0 Å². The Kier molecular flexibility index (Phi) is 2.17. The Balaban J connectivity index is 3.07. The Morgan fingerprint density at radius 2 is 2.00 bits per heavy atom. The molecule has 0 aromatic heterocycles. The van der Waals surface area contributed by atoms with Crippen LogP contribution in [0.3, 0.4) is 0 Å². The summed E-state index contributed by atoms with van der Waals surface area (Å²) < 4.78 is 0. The van der Waals surface area contributed by atoms with Gasteiger partial charge in [-0.15, -0.1) is 0 Å². The minimum Gasteiger partial charge on any atom is -0.298 e. The maximum absolute atomic E-state index is 5.43. The van der Waals surface area contributed by atoms with E-state index in [1.165, 1.54) is 11.1 Å². The minimum absolute atomic E-state index is 0.979. The molecule has 0 aliphatic heterocycles. The zero-order chi connectivity index (χ0) is 7.56. The normalized spacial score (nSPS) is 9.50. The maximum atomic E-state index is 5.43. The Bertz CT molecular complexity index is 233. The molecule has 1 rings (SSSR count). The van der Waals surface area contributed by atoms with Gasteiger partial charge in [0.05, 0.1) is 5.69 Å². The molecule has 0 saturated carbocycles. The van der Waals surface area contributed by atoms with Crippen molar-refractivity contribution in [2.45, 2.75) is 13.8 Å². The molecule has 0 fully saturated rings. The molecule has 0 bridgehead atoms. The molecule has 0 aliphatic rings. The van der Waals surface area contributed by atoms with E-state index < -0.39 is 0 Å². The van der Waals surface area contributed by atoms with E-state index in [1.807, 2.05) is 19.1 Å². The Morgan fingerprint density at radius 1 is 1.30 bits per heavy atom. The first-order valence-corrected chi connectivity index (χ1v) is 3.55. The highest BCUT2D eigenvalue weighted by Crippen LogP contribution is 2.15. The van der Waals surface area contributed by atoms with Gasteiger partial charge in [0.25, 0.3) is 0 Å². The van der Waals surface area contributed by atoms with Crippen LogP contribution in [0.1, 0.15) is 11.1 Å². The topological polar surface area (TPSA) is 12.0 Å². The van der Waals surface area contributed by atoms with E-state index >= 15 is 0 Å². The molecule has 0 amide bonds. The number of hydrogen-bond acceptors (Lipinski definition) is 1. The number of anilines is 1. The van der Waals surface area contributed by atoms with Crippen molar-refractivity contribution >= 4 is 17.5 Å². The first-order valence-electron chi connectivity index (χ1n) is 3.18. The molecule has 0 spiro atoms. The molecule has 1 nitrogen and oxygen atoms in total. The molecule has 10 heavy (non-hydrogen) atoms. The third-order valence-corrected chi connectivity index (χ3v) is 1.69. The van der Waals surface area contributed by atoms with Gasteiger partial charge in [0.1, 0.15) is 0 Å². The van der Waals surface area contributed by atoms with Gasteiger partial charge in [-0.1, -0.05) is 17.7 Å². The SMILES string of the molecule is Cc1ccc(NCl)c(C)c1. The van der Waals surface area contributed by atoms with Gasteiger partial charge in [-0.2, -0.15) is 0 Å². The summed E-state index contributed by atoms with van der Waals surface area (Å²) in [6.07, 6.45) is 0. The fraction of sp³-hybridized carbons (Fsp3) is 0.250. The van der Waals surface area contributed by atoms with Gasteiger partial charge >= 0.3 is 0 Å².